The third kappa shape index (κ3) is 8.34. The van der Waals surface area contributed by atoms with Crippen molar-refractivity contribution in [1.29, 1.82) is 0 Å². The minimum absolute atomic E-state index is 0.0192. The van der Waals surface area contributed by atoms with E-state index in [1.165, 1.54) is 32.1 Å². The number of amides is 1. The predicted molar refractivity (Wildman–Crippen MR) is 87.6 cm³/mol. The average Bonchev–Trinajstić information content (AvgIpc) is 2.45. The van der Waals surface area contributed by atoms with E-state index in [2.05, 4.69) is 5.32 Å². The standard InChI is InChI=1S/C16H29NO3S/c1-12(21-2)10-15(18)17-14(8-9-16(19)20)11-13-6-4-3-5-7-13/h12-14H,3-11H2,1-2H3,(H,17,18)(H,19,20). The second-order valence-electron chi connectivity index (χ2n) is 6.19. The van der Waals surface area contributed by atoms with E-state index >= 15 is 0 Å². The summed E-state index contributed by atoms with van der Waals surface area (Å²) in [6.45, 7) is 2.04. The zero-order chi connectivity index (χ0) is 15.7. The van der Waals surface area contributed by atoms with E-state index in [-0.39, 0.29) is 18.4 Å². The van der Waals surface area contributed by atoms with Crippen LogP contribution in [0.15, 0.2) is 0 Å². The number of nitrogens with one attached hydrogen (secondary N) is 1. The molecule has 0 aromatic carbocycles. The van der Waals surface area contributed by atoms with Crippen molar-refractivity contribution < 1.29 is 14.7 Å². The van der Waals surface area contributed by atoms with Crippen molar-refractivity contribution in [1.82, 2.24) is 5.32 Å². The molecule has 1 aliphatic carbocycles. The first-order valence-corrected chi connectivity index (χ1v) is 9.34. The second-order valence-corrected chi connectivity index (χ2v) is 7.46. The summed E-state index contributed by atoms with van der Waals surface area (Å²) in [6.07, 6.45) is 10.4. The summed E-state index contributed by atoms with van der Waals surface area (Å²) < 4.78 is 0. The molecule has 0 aromatic rings. The molecule has 0 spiro atoms. The number of carboxylic acid groups (broad SMARTS) is 1. The fourth-order valence-corrected chi connectivity index (χ4v) is 3.32. The normalized spacial score (nSPS) is 19.0. The lowest BCUT2D eigenvalue weighted by molar-refractivity contribution is -0.137. The first-order chi connectivity index (χ1) is 10.0. The Hall–Kier alpha value is -0.710. The van der Waals surface area contributed by atoms with Gasteiger partial charge in [0.25, 0.3) is 0 Å². The fourth-order valence-electron chi connectivity index (χ4n) is 3.00. The Kier molecular flexibility index (Phi) is 8.81. The molecular formula is C16H29NO3S. The molecule has 122 valence electrons. The molecule has 2 N–H and O–H groups in total. The monoisotopic (exact) mass is 315 g/mol. The number of aliphatic carboxylic acids is 1. The lowest BCUT2D eigenvalue weighted by Gasteiger charge is -2.27. The predicted octanol–water partition coefficient (Wildman–Crippen LogP) is 3.45. The second kappa shape index (κ2) is 10.1. The van der Waals surface area contributed by atoms with Crippen molar-refractivity contribution in [2.75, 3.05) is 6.26 Å². The van der Waals surface area contributed by atoms with Gasteiger partial charge in [-0.3, -0.25) is 9.59 Å². The van der Waals surface area contributed by atoms with Crippen molar-refractivity contribution in [3.8, 4) is 0 Å². The van der Waals surface area contributed by atoms with E-state index < -0.39 is 5.97 Å². The summed E-state index contributed by atoms with van der Waals surface area (Å²) in [4.78, 5) is 22.8. The number of carboxylic acids is 1. The Labute approximate surface area is 132 Å². The molecule has 0 radical (unpaired) electrons. The van der Waals surface area contributed by atoms with Crippen LogP contribution >= 0.6 is 11.8 Å². The molecule has 5 heteroatoms. The van der Waals surface area contributed by atoms with Crippen molar-refractivity contribution in [3.05, 3.63) is 0 Å². The molecule has 4 nitrogen and oxygen atoms in total. The Morgan fingerprint density at radius 3 is 2.52 bits per heavy atom. The first-order valence-electron chi connectivity index (χ1n) is 8.05. The van der Waals surface area contributed by atoms with Crippen LogP contribution in [0, 0.1) is 5.92 Å². The maximum atomic E-state index is 12.0. The molecule has 1 rings (SSSR count). The summed E-state index contributed by atoms with van der Waals surface area (Å²) in [6, 6.07) is 0.0192. The summed E-state index contributed by atoms with van der Waals surface area (Å²) >= 11 is 1.68. The fraction of sp³-hybridized carbons (Fsp3) is 0.875. The third-order valence-electron chi connectivity index (χ3n) is 4.29. The highest BCUT2D eigenvalue weighted by atomic mass is 32.2. The summed E-state index contributed by atoms with van der Waals surface area (Å²) in [5.41, 5.74) is 0. The molecule has 0 aromatic heterocycles. The van der Waals surface area contributed by atoms with Crippen LogP contribution in [0.2, 0.25) is 0 Å². The van der Waals surface area contributed by atoms with Gasteiger partial charge in [0.2, 0.25) is 5.91 Å². The molecule has 1 aliphatic rings. The maximum absolute atomic E-state index is 12.0. The van der Waals surface area contributed by atoms with Gasteiger partial charge in [-0.25, -0.2) is 0 Å². The van der Waals surface area contributed by atoms with Gasteiger partial charge in [0, 0.05) is 24.1 Å². The molecule has 2 atom stereocenters. The number of hydrogen-bond donors (Lipinski definition) is 2. The smallest absolute Gasteiger partial charge is 0.303 e. The minimum atomic E-state index is -0.782. The molecule has 2 unspecified atom stereocenters. The van der Waals surface area contributed by atoms with Gasteiger partial charge >= 0.3 is 5.97 Å². The van der Waals surface area contributed by atoms with Gasteiger partial charge in [-0.15, -0.1) is 0 Å². The van der Waals surface area contributed by atoms with Crippen molar-refractivity contribution >= 4 is 23.6 Å². The highest BCUT2D eigenvalue weighted by Gasteiger charge is 2.21. The molecule has 1 amide bonds. The van der Waals surface area contributed by atoms with Crippen LogP contribution in [0.3, 0.4) is 0 Å². The number of rotatable bonds is 9. The van der Waals surface area contributed by atoms with Crippen LogP contribution in [-0.2, 0) is 9.59 Å². The number of carbonyl (C=O) groups is 2. The molecule has 1 fully saturated rings. The zero-order valence-corrected chi connectivity index (χ0v) is 14.1. The van der Waals surface area contributed by atoms with E-state index in [1.807, 2.05) is 13.2 Å². The van der Waals surface area contributed by atoms with Crippen molar-refractivity contribution in [3.63, 3.8) is 0 Å². The molecule has 1 saturated carbocycles. The van der Waals surface area contributed by atoms with Crippen LogP contribution in [0.4, 0.5) is 0 Å². The molecule has 21 heavy (non-hydrogen) atoms. The van der Waals surface area contributed by atoms with Crippen LogP contribution in [-0.4, -0.2) is 34.5 Å². The number of carbonyl (C=O) groups excluding carboxylic acids is 1. The lowest BCUT2D eigenvalue weighted by Crippen LogP contribution is -2.38. The molecule has 0 aliphatic heterocycles. The van der Waals surface area contributed by atoms with Gasteiger partial charge in [0.1, 0.15) is 0 Å². The van der Waals surface area contributed by atoms with Gasteiger partial charge in [-0.1, -0.05) is 39.0 Å². The maximum Gasteiger partial charge on any atom is 0.303 e. The third-order valence-corrected chi connectivity index (χ3v) is 5.26. The minimum Gasteiger partial charge on any atom is -0.481 e. The van der Waals surface area contributed by atoms with Gasteiger partial charge in [0.05, 0.1) is 0 Å². The highest BCUT2D eigenvalue weighted by Crippen LogP contribution is 2.28. The lowest BCUT2D eigenvalue weighted by atomic mass is 9.84. The molecular weight excluding hydrogens is 286 g/mol. The largest absolute Gasteiger partial charge is 0.481 e. The van der Waals surface area contributed by atoms with Crippen molar-refractivity contribution in [2.45, 2.75) is 76.0 Å². The number of thioether (sulfide) groups is 1. The Bertz CT molecular complexity index is 329. The van der Waals surface area contributed by atoms with Crippen LogP contribution in [0.5, 0.6) is 0 Å². The van der Waals surface area contributed by atoms with Crippen LogP contribution < -0.4 is 5.32 Å². The average molecular weight is 315 g/mol. The zero-order valence-electron chi connectivity index (χ0n) is 13.3. The summed E-state index contributed by atoms with van der Waals surface area (Å²) in [5, 5.41) is 12.2. The Balaban J connectivity index is 2.45. The Morgan fingerprint density at radius 2 is 1.95 bits per heavy atom. The van der Waals surface area contributed by atoms with Crippen LogP contribution in [0.25, 0.3) is 0 Å². The van der Waals surface area contributed by atoms with E-state index in [4.69, 9.17) is 5.11 Å². The van der Waals surface area contributed by atoms with E-state index in [1.54, 1.807) is 11.8 Å². The molecule has 0 saturated heterocycles. The SMILES string of the molecule is CSC(C)CC(=O)NC(CCC(=O)O)CC1CCCCC1. The van der Waals surface area contributed by atoms with Gasteiger partial charge in [-0.05, 0) is 25.0 Å². The van der Waals surface area contributed by atoms with E-state index in [0.29, 0.717) is 24.0 Å². The summed E-state index contributed by atoms with van der Waals surface area (Å²) in [7, 11) is 0. The van der Waals surface area contributed by atoms with Crippen LogP contribution in [0.1, 0.15) is 64.7 Å². The van der Waals surface area contributed by atoms with Crippen molar-refractivity contribution in [2.24, 2.45) is 5.92 Å². The van der Waals surface area contributed by atoms with E-state index in [9.17, 15) is 9.59 Å². The topological polar surface area (TPSA) is 66.4 Å². The van der Waals surface area contributed by atoms with Gasteiger partial charge in [0.15, 0.2) is 0 Å². The van der Waals surface area contributed by atoms with Gasteiger partial charge < -0.3 is 10.4 Å². The first kappa shape index (κ1) is 18.3. The quantitative estimate of drug-likeness (QED) is 0.684. The number of hydrogen-bond acceptors (Lipinski definition) is 3. The Morgan fingerprint density at radius 1 is 1.29 bits per heavy atom. The highest BCUT2D eigenvalue weighted by molar-refractivity contribution is 7.99. The van der Waals surface area contributed by atoms with Gasteiger partial charge in [-0.2, -0.15) is 11.8 Å². The summed E-state index contributed by atoms with van der Waals surface area (Å²) in [5.74, 6) is -0.0748. The van der Waals surface area contributed by atoms with E-state index in [0.717, 1.165) is 6.42 Å². The molecule has 0 bridgehead atoms. The molecule has 0 heterocycles.